The molecule has 0 aliphatic carbocycles. The first-order chi connectivity index (χ1) is 15.6. The number of fused-ring (bicyclic) bond motifs is 1. The van der Waals surface area contributed by atoms with Crippen molar-refractivity contribution in [2.75, 3.05) is 53.6 Å². The summed E-state index contributed by atoms with van der Waals surface area (Å²) in [5.74, 6) is 2.54. The van der Waals surface area contributed by atoms with Crippen LogP contribution in [0.2, 0.25) is 0 Å². The number of amides is 1. The van der Waals surface area contributed by atoms with Crippen molar-refractivity contribution in [3.8, 4) is 17.2 Å². The minimum Gasteiger partial charge on any atom is -0.497 e. The van der Waals surface area contributed by atoms with Crippen LogP contribution in [0.25, 0.3) is 0 Å². The molecule has 2 aliphatic rings. The average Bonchev–Trinajstić information content (AvgIpc) is 3.27. The van der Waals surface area contributed by atoms with Gasteiger partial charge in [0.1, 0.15) is 17.2 Å². The minimum absolute atomic E-state index is 0.0226. The van der Waals surface area contributed by atoms with E-state index in [1.165, 1.54) is 11.1 Å². The van der Waals surface area contributed by atoms with Gasteiger partial charge in [-0.1, -0.05) is 12.1 Å². The molecule has 0 saturated carbocycles. The summed E-state index contributed by atoms with van der Waals surface area (Å²) in [4.78, 5) is 17.4. The van der Waals surface area contributed by atoms with Crippen molar-refractivity contribution < 1.29 is 19.0 Å². The molecule has 1 N–H and O–H groups in total. The topological polar surface area (TPSA) is 63.3 Å². The summed E-state index contributed by atoms with van der Waals surface area (Å²) in [6.07, 6.45) is 1.01. The number of ether oxygens (including phenoxy) is 3. The number of hydrogen-bond acceptors (Lipinski definition) is 6. The minimum atomic E-state index is -0.169. The Labute approximate surface area is 190 Å². The first-order valence-electron chi connectivity index (χ1n) is 11.3. The molecule has 2 aromatic carbocycles. The number of nitrogens with one attached hydrogen (secondary N) is 1. The predicted octanol–water partition coefficient (Wildman–Crippen LogP) is 2.63. The molecule has 1 fully saturated rings. The maximum absolute atomic E-state index is 12.7. The third-order valence-corrected chi connectivity index (χ3v) is 6.27. The summed E-state index contributed by atoms with van der Waals surface area (Å²) in [6, 6.07) is 12.0. The van der Waals surface area contributed by atoms with Gasteiger partial charge in [-0.25, -0.2) is 0 Å². The van der Waals surface area contributed by atoms with Gasteiger partial charge in [0, 0.05) is 44.7 Å². The zero-order valence-electron chi connectivity index (χ0n) is 19.2. The van der Waals surface area contributed by atoms with E-state index in [0.29, 0.717) is 6.54 Å². The van der Waals surface area contributed by atoms with Crippen LogP contribution < -0.4 is 19.5 Å². The Kier molecular flexibility index (Phi) is 7.17. The van der Waals surface area contributed by atoms with Gasteiger partial charge in [0.25, 0.3) is 0 Å². The van der Waals surface area contributed by atoms with Gasteiger partial charge >= 0.3 is 0 Å². The Balaban J connectivity index is 1.25. The number of nitrogens with zero attached hydrogens (tertiary/aromatic N) is 2. The second kappa shape index (κ2) is 10.2. The highest BCUT2D eigenvalue weighted by Crippen LogP contribution is 2.29. The van der Waals surface area contributed by atoms with E-state index in [2.05, 4.69) is 33.3 Å². The molecular formula is C25H33N3O4. The largest absolute Gasteiger partial charge is 0.497 e. The zero-order valence-corrected chi connectivity index (χ0v) is 19.2. The lowest BCUT2D eigenvalue weighted by Gasteiger charge is -2.34. The molecule has 2 aromatic rings. The van der Waals surface area contributed by atoms with Crippen molar-refractivity contribution in [3.63, 3.8) is 0 Å². The molecule has 0 aromatic heterocycles. The lowest BCUT2D eigenvalue weighted by atomic mass is 10.1. The van der Waals surface area contributed by atoms with Crippen LogP contribution >= 0.6 is 0 Å². The Bertz CT molecular complexity index is 941. The fourth-order valence-corrected chi connectivity index (χ4v) is 4.45. The summed E-state index contributed by atoms with van der Waals surface area (Å²) in [7, 11) is 3.27. The number of carbonyl (C=O) groups is 1. The highest BCUT2D eigenvalue weighted by molar-refractivity contribution is 5.78. The van der Waals surface area contributed by atoms with Crippen molar-refractivity contribution in [3.05, 3.63) is 53.1 Å². The van der Waals surface area contributed by atoms with Crippen LogP contribution in [-0.2, 0) is 17.8 Å². The Morgan fingerprint density at radius 3 is 2.59 bits per heavy atom. The van der Waals surface area contributed by atoms with Crippen molar-refractivity contribution in [2.24, 2.45) is 0 Å². The number of carbonyl (C=O) groups excluding carboxylic acids is 1. The molecule has 2 aliphatic heterocycles. The van der Waals surface area contributed by atoms with E-state index in [0.717, 1.165) is 68.6 Å². The van der Waals surface area contributed by atoms with Crippen LogP contribution in [-0.4, -0.2) is 69.3 Å². The number of piperazine rings is 1. The van der Waals surface area contributed by atoms with Gasteiger partial charge in [0.05, 0.1) is 33.4 Å². The molecule has 172 valence electrons. The lowest BCUT2D eigenvalue weighted by Crippen LogP contribution is -2.49. The molecule has 1 atom stereocenters. The van der Waals surface area contributed by atoms with Gasteiger partial charge in [-0.05, 0) is 42.3 Å². The quantitative estimate of drug-likeness (QED) is 0.682. The molecule has 1 unspecified atom stereocenters. The highest BCUT2D eigenvalue weighted by atomic mass is 16.5. The van der Waals surface area contributed by atoms with Crippen molar-refractivity contribution in [2.45, 2.75) is 25.9 Å². The van der Waals surface area contributed by atoms with Gasteiger partial charge < -0.3 is 19.5 Å². The van der Waals surface area contributed by atoms with Gasteiger partial charge in [0.15, 0.2) is 0 Å². The molecule has 32 heavy (non-hydrogen) atoms. The van der Waals surface area contributed by atoms with Crippen molar-refractivity contribution in [1.29, 1.82) is 0 Å². The van der Waals surface area contributed by atoms with Crippen LogP contribution in [0, 0.1) is 0 Å². The van der Waals surface area contributed by atoms with E-state index in [-0.39, 0.29) is 11.9 Å². The van der Waals surface area contributed by atoms with Gasteiger partial charge in [-0.15, -0.1) is 0 Å². The molecule has 0 bridgehead atoms. The third-order valence-electron chi connectivity index (χ3n) is 6.27. The Morgan fingerprint density at radius 1 is 1.06 bits per heavy atom. The summed E-state index contributed by atoms with van der Waals surface area (Å²) in [5, 5.41) is 3.10. The summed E-state index contributed by atoms with van der Waals surface area (Å²) in [5.41, 5.74) is 3.56. The first kappa shape index (κ1) is 22.4. The van der Waals surface area contributed by atoms with E-state index in [1.807, 2.05) is 25.1 Å². The summed E-state index contributed by atoms with van der Waals surface area (Å²) >= 11 is 0. The standard InChI is InChI=1S/C25H33N3O4/c1-18(22-15-21(30-2)5-7-24(22)31-3)26-25(29)17-28-11-9-27(10-12-28)16-19-4-6-23-20(14-19)8-13-32-23/h4-7,14-15,18H,8-13,16-17H2,1-3H3,(H,26,29). The number of hydrogen-bond donors (Lipinski definition) is 1. The average molecular weight is 440 g/mol. The summed E-state index contributed by atoms with van der Waals surface area (Å²) in [6.45, 7) is 7.80. The zero-order chi connectivity index (χ0) is 22.5. The normalized spacial score (nSPS) is 17.3. The third kappa shape index (κ3) is 5.34. The number of benzene rings is 2. The van der Waals surface area contributed by atoms with Gasteiger partial charge in [-0.2, -0.15) is 0 Å². The Morgan fingerprint density at radius 2 is 1.84 bits per heavy atom. The molecule has 0 spiro atoms. The molecule has 0 radical (unpaired) electrons. The second-order valence-electron chi connectivity index (χ2n) is 8.49. The molecule has 7 heteroatoms. The van der Waals surface area contributed by atoms with Gasteiger partial charge in [-0.3, -0.25) is 14.6 Å². The van der Waals surface area contributed by atoms with Crippen LogP contribution in [0.15, 0.2) is 36.4 Å². The smallest absolute Gasteiger partial charge is 0.234 e. The summed E-state index contributed by atoms with van der Waals surface area (Å²) < 4.78 is 16.4. The molecule has 4 rings (SSSR count). The fourth-order valence-electron chi connectivity index (χ4n) is 4.45. The van der Waals surface area contributed by atoms with Crippen molar-refractivity contribution >= 4 is 5.91 Å². The molecule has 1 amide bonds. The van der Waals surface area contributed by atoms with Crippen LogP contribution in [0.4, 0.5) is 0 Å². The first-order valence-corrected chi connectivity index (χ1v) is 11.3. The fraction of sp³-hybridized carbons (Fsp3) is 0.480. The highest BCUT2D eigenvalue weighted by Gasteiger charge is 2.22. The van der Waals surface area contributed by atoms with Crippen LogP contribution in [0.5, 0.6) is 17.2 Å². The molecule has 1 saturated heterocycles. The van der Waals surface area contributed by atoms with E-state index in [9.17, 15) is 4.79 Å². The van der Waals surface area contributed by atoms with Crippen LogP contribution in [0.3, 0.4) is 0 Å². The lowest BCUT2D eigenvalue weighted by molar-refractivity contribution is -0.123. The van der Waals surface area contributed by atoms with Gasteiger partial charge in [0.2, 0.25) is 5.91 Å². The van der Waals surface area contributed by atoms with Crippen LogP contribution in [0.1, 0.15) is 29.7 Å². The SMILES string of the molecule is COc1ccc(OC)c(C(C)NC(=O)CN2CCN(Cc3ccc4c(c3)CCO4)CC2)c1. The maximum atomic E-state index is 12.7. The number of methoxy groups -OCH3 is 2. The van der Waals surface area contributed by atoms with E-state index in [4.69, 9.17) is 14.2 Å². The number of rotatable bonds is 8. The van der Waals surface area contributed by atoms with E-state index in [1.54, 1.807) is 14.2 Å². The van der Waals surface area contributed by atoms with E-state index >= 15 is 0 Å². The monoisotopic (exact) mass is 439 g/mol. The Hall–Kier alpha value is -2.77. The second-order valence-corrected chi connectivity index (χ2v) is 8.49. The maximum Gasteiger partial charge on any atom is 0.234 e. The molecule has 7 nitrogen and oxygen atoms in total. The van der Waals surface area contributed by atoms with Crippen molar-refractivity contribution in [1.82, 2.24) is 15.1 Å². The molecular weight excluding hydrogens is 406 g/mol. The predicted molar refractivity (Wildman–Crippen MR) is 123 cm³/mol. The molecule has 2 heterocycles. The van der Waals surface area contributed by atoms with E-state index < -0.39 is 0 Å².